The summed E-state index contributed by atoms with van der Waals surface area (Å²) in [6, 6.07) is 3.94. The number of aromatic nitrogens is 1. The second-order valence-corrected chi connectivity index (χ2v) is 9.44. The molecule has 1 saturated heterocycles. The van der Waals surface area contributed by atoms with E-state index < -0.39 is 22.2 Å². The Balaban J connectivity index is 1.98. The van der Waals surface area contributed by atoms with Gasteiger partial charge in [-0.15, -0.1) is 0 Å². The molecule has 130 valence electrons. The molecule has 2 heterocycles. The largest absolute Gasteiger partial charge is 0.591 e. The Morgan fingerprint density at radius 2 is 2.08 bits per heavy atom. The Morgan fingerprint density at radius 3 is 2.67 bits per heavy atom. The number of nitrogens with zero attached hydrogens (tertiary/aromatic N) is 3. The van der Waals surface area contributed by atoms with E-state index in [4.69, 9.17) is 0 Å². The molecule has 1 N–H and O–H groups in total. The van der Waals surface area contributed by atoms with Crippen molar-refractivity contribution in [1.29, 1.82) is 0 Å². The molecule has 3 rings (SSSR count). The summed E-state index contributed by atoms with van der Waals surface area (Å²) in [5, 5.41) is 9.20. The van der Waals surface area contributed by atoms with Crippen molar-refractivity contribution < 1.29 is 14.5 Å². The molecule has 0 radical (unpaired) electrons. The minimum absolute atomic E-state index is 0.246. The summed E-state index contributed by atoms with van der Waals surface area (Å²) in [7, 11) is 0. The van der Waals surface area contributed by atoms with E-state index in [9.17, 15) is 14.5 Å². The first-order valence-electron chi connectivity index (χ1n) is 8.16. The van der Waals surface area contributed by atoms with E-state index >= 15 is 0 Å². The fourth-order valence-corrected chi connectivity index (χ4v) is 4.11. The van der Waals surface area contributed by atoms with Gasteiger partial charge in [0.15, 0.2) is 0 Å². The first-order chi connectivity index (χ1) is 11.2. The van der Waals surface area contributed by atoms with Crippen molar-refractivity contribution in [1.82, 2.24) is 9.88 Å². The van der Waals surface area contributed by atoms with Crippen LogP contribution in [-0.4, -0.2) is 49.2 Å². The fourth-order valence-electron chi connectivity index (χ4n) is 3.39. The van der Waals surface area contributed by atoms with Crippen LogP contribution in [0.3, 0.4) is 0 Å². The maximum absolute atomic E-state index is 12.6. The molecule has 1 aromatic rings. The van der Waals surface area contributed by atoms with Crippen molar-refractivity contribution in [2.75, 3.05) is 13.1 Å². The van der Waals surface area contributed by atoms with E-state index in [1.807, 2.05) is 32.9 Å². The highest BCUT2D eigenvalue weighted by Gasteiger charge is 2.48. The molecule has 6 nitrogen and oxygen atoms in total. The summed E-state index contributed by atoms with van der Waals surface area (Å²) in [6.07, 6.45) is 3.03. The molecule has 0 aromatic carbocycles. The van der Waals surface area contributed by atoms with E-state index in [1.54, 1.807) is 6.20 Å². The zero-order valence-electron chi connectivity index (χ0n) is 14.3. The van der Waals surface area contributed by atoms with Gasteiger partial charge in [-0.2, -0.15) is 0 Å². The van der Waals surface area contributed by atoms with Gasteiger partial charge in [-0.05, 0) is 51.7 Å². The number of carbonyl (C=O) groups is 1. The van der Waals surface area contributed by atoms with Gasteiger partial charge >= 0.3 is 6.09 Å². The standard InChI is InChI=1S/C17H23N3O3S/c1-16(2,3)24(23)19-14-13-12(5-4-8-18-13)11-17(14)6-9-20(10-7-17)15(21)22/h4-5,8H,6-7,9-11H2,1-3H3,(H,21,22)/b19-14+/t24-/m1/s1. The van der Waals surface area contributed by atoms with Gasteiger partial charge < -0.3 is 14.6 Å². The van der Waals surface area contributed by atoms with Crippen LogP contribution in [0.4, 0.5) is 4.79 Å². The third-order valence-corrected chi connectivity index (χ3v) is 6.23. The molecule has 24 heavy (non-hydrogen) atoms. The van der Waals surface area contributed by atoms with Gasteiger partial charge in [0.2, 0.25) is 0 Å². The first kappa shape index (κ1) is 17.2. The zero-order chi connectivity index (χ0) is 17.5. The number of hydrogen-bond donors (Lipinski definition) is 1. The van der Waals surface area contributed by atoms with E-state index in [0.29, 0.717) is 25.9 Å². The topological polar surface area (TPSA) is 88.9 Å². The molecule has 0 unspecified atom stereocenters. The smallest absolute Gasteiger partial charge is 0.407 e. The van der Waals surface area contributed by atoms with Crippen LogP contribution < -0.4 is 0 Å². The molecule has 1 spiro atoms. The molecule has 1 aliphatic carbocycles. The van der Waals surface area contributed by atoms with Crippen LogP contribution in [-0.2, 0) is 17.8 Å². The first-order valence-corrected chi connectivity index (χ1v) is 9.27. The summed E-state index contributed by atoms with van der Waals surface area (Å²) in [5.74, 6) is 0. The van der Waals surface area contributed by atoms with Crippen LogP contribution in [0.5, 0.6) is 0 Å². The van der Waals surface area contributed by atoms with Gasteiger partial charge in [-0.1, -0.05) is 10.5 Å². The lowest BCUT2D eigenvalue weighted by molar-refractivity contribution is 0.115. The van der Waals surface area contributed by atoms with Crippen molar-refractivity contribution in [2.45, 2.75) is 44.8 Å². The normalized spacial score (nSPS) is 22.7. The van der Waals surface area contributed by atoms with E-state index in [0.717, 1.165) is 23.4 Å². The second-order valence-electron chi connectivity index (χ2n) is 7.54. The van der Waals surface area contributed by atoms with Crippen LogP contribution in [0.1, 0.15) is 44.9 Å². The van der Waals surface area contributed by atoms with Crippen LogP contribution >= 0.6 is 0 Å². The number of rotatable bonds is 1. The van der Waals surface area contributed by atoms with Crippen molar-refractivity contribution in [2.24, 2.45) is 9.81 Å². The number of fused-ring (bicyclic) bond motifs is 1. The summed E-state index contributed by atoms with van der Waals surface area (Å²) >= 11 is -1.36. The van der Waals surface area contributed by atoms with Gasteiger partial charge in [0.25, 0.3) is 0 Å². The number of amides is 1. The van der Waals surface area contributed by atoms with Crippen LogP contribution in [0.25, 0.3) is 0 Å². The number of piperidine rings is 1. The SMILES string of the molecule is CC(C)(C)[S@@+]([O-])/N=C1\c2ncccc2CC12CCN(C(=O)O)CC2. The Morgan fingerprint density at radius 1 is 1.42 bits per heavy atom. The highest BCUT2D eigenvalue weighted by atomic mass is 32.2. The highest BCUT2D eigenvalue weighted by molar-refractivity contribution is 7.91. The van der Waals surface area contributed by atoms with Crippen LogP contribution in [0.2, 0.25) is 0 Å². The summed E-state index contributed by atoms with van der Waals surface area (Å²) in [4.78, 5) is 17.1. The van der Waals surface area contributed by atoms with Crippen molar-refractivity contribution in [3.05, 3.63) is 29.6 Å². The van der Waals surface area contributed by atoms with Gasteiger partial charge in [0.1, 0.15) is 21.8 Å². The lowest BCUT2D eigenvalue weighted by Gasteiger charge is -2.38. The minimum atomic E-state index is -1.36. The van der Waals surface area contributed by atoms with Gasteiger partial charge in [0, 0.05) is 24.7 Å². The van der Waals surface area contributed by atoms with Gasteiger partial charge in [0.05, 0.1) is 5.69 Å². The predicted octanol–water partition coefficient (Wildman–Crippen LogP) is 2.65. The average Bonchev–Trinajstić information content (AvgIpc) is 2.80. The molecule has 1 atom stereocenters. The number of pyridine rings is 1. The van der Waals surface area contributed by atoms with Crippen molar-refractivity contribution in [3.8, 4) is 0 Å². The molecule has 0 saturated carbocycles. The van der Waals surface area contributed by atoms with E-state index in [-0.39, 0.29) is 5.41 Å². The maximum Gasteiger partial charge on any atom is 0.407 e. The Hall–Kier alpha value is -1.60. The molecule has 0 bridgehead atoms. The lowest BCUT2D eigenvalue weighted by Crippen LogP contribution is -2.46. The van der Waals surface area contributed by atoms with Crippen LogP contribution in [0.15, 0.2) is 22.7 Å². The highest BCUT2D eigenvalue weighted by Crippen LogP contribution is 2.45. The van der Waals surface area contributed by atoms with E-state index in [2.05, 4.69) is 9.38 Å². The number of carboxylic acid groups (broad SMARTS) is 1. The predicted molar refractivity (Wildman–Crippen MR) is 93.6 cm³/mol. The summed E-state index contributed by atoms with van der Waals surface area (Å²) < 4.78 is 16.8. The molecule has 7 heteroatoms. The van der Waals surface area contributed by atoms with Crippen LogP contribution in [0, 0.1) is 5.41 Å². The molecule has 1 aromatic heterocycles. The molecular weight excluding hydrogens is 326 g/mol. The maximum atomic E-state index is 12.6. The Bertz CT molecular complexity index is 676. The average molecular weight is 349 g/mol. The Kier molecular flexibility index (Phi) is 4.34. The van der Waals surface area contributed by atoms with Gasteiger partial charge in [-0.3, -0.25) is 4.98 Å². The number of likely N-dealkylation sites (tertiary alicyclic amines) is 1. The molecular formula is C17H23N3O3S. The van der Waals surface area contributed by atoms with E-state index in [1.165, 1.54) is 4.90 Å². The lowest BCUT2D eigenvalue weighted by atomic mass is 9.75. The second kappa shape index (κ2) is 6.04. The fraction of sp³-hybridized carbons (Fsp3) is 0.588. The molecule has 1 aliphatic heterocycles. The summed E-state index contributed by atoms with van der Waals surface area (Å²) in [6.45, 7) is 6.67. The van der Waals surface area contributed by atoms with Gasteiger partial charge in [-0.25, -0.2) is 4.79 Å². The molecule has 1 amide bonds. The quantitative estimate of drug-likeness (QED) is 0.789. The monoisotopic (exact) mass is 349 g/mol. The number of hydrogen-bond acceptors (Lipinski definition) is 4. The summed E-state index contributed by atoms with van der Waals surface area (Å²) in [5.41, 5.74) is 2.50. The van der Waals surface area contributed by atoms with Crippen molar-refractivity contribution >= 4 is 23.2 Å². The third-order valence-electron chi connectivity index (χ3n) is 4.84. The van der Waals surface area contributed by atoms with Crippen molar-refractivity contribution in [3.63, 3.8) is 0 Å². The zero-order valence-corrected chi connectivity index (χ0v) is 15.1. The molecule has 2 aliphatic rings. The Labute approximate surface area is 145 Å². The minimum Gasteiger partial charge on any atom is -0.591 e. The third kappa shape index (κ3) is 3.02. The molecule has 1 fully saturated rings.